The third kappa shape index (κ3) is 6.67. The van der Waals surface area contributed by atoms with Crippen LogP contribution in [0.15, 0.2) is 70.7 Å². The number of anilines is 1. The van der Waals surface area contributed by atoms with E-state index in [1.54, 1.807) is 36.4 Å². The Bertz CT molecular complexity index is 1400. The van der Waals surface area contributed by atoms with Gasteiger partial charge in [-0.25, -0.2) is 9.69 Å². The lowest BCUT2D eigenvalue weighted by molar-refractivity contribution is -0.122. The first-order valence-electron chi connectivity index (χ1n) is 12.6. The van der Waals surface area contributed by atoms with E-state index in [1.807, 2.05) is 45.0 Å². The van der Waals surface area contributed by atoms with Crippen molar-refractivity contribution in [3.63, 3.8) is 0 Å². The first-order chi connectivity index (χ1) is 18.8. The maximum Gasteiger partial charge on any atom is 0.335 e. The number of aryl methyl sites for hydroxylation is 1. The molecule has 0 aliphatic carbocycles. The van der Waals surface area contributed by atoms with Gasteiger partial charge in [0.1, 0.15) is 17.9 Å². The Morgan fingerprint density at radius 2 is 1.64 bits per heavy atom. The van der Waals surface area contributed by atoms with Gasteiger partial charge in [-0.2, -0.15) is 0 Å². The van der Waals surface area contributed by atoms with Gasteiger partial charge in [0.2, 0.25) is 0 Å². The second-order valence-corrected chi connectivity index (χ2v) is 9.69. The Kier molecular flexibility index (Phi) is 9.03. The number of carbonyl (C=O) groups excluding carboxylic acids is 3. The molecule has 8 nitrogen and oxygen atoms in total. The third-order valence-electron chi connectivity index (χ3n) is 5.82. The summed E-state index contributed by atoms with van der Waals surface area (Å²) in [6, 6.07) is 17.1. The molecule has 1 heterocycles. The first-order valence-corrected chi connectivity index (χ1v) is 13.4. The molecule has 0 atom stereocenters. The monoisotopic (exact) mass is 592 g/mol. The van der Waals surface area contributed by atoms with Crippen LogP contribution in [0.1, 0.15) is 37.0 Å². The summed E-state index contributed by atoms with van der Waals surface area (Å²) < 4.78 is 18.0. The molecule has 0 aromatic heterocycles. The lowest BCUT2D eigenvalue weighted by Gasteiger charge is -2.26. The van der Waals surface area contributed by atoms with Gasteiger partial charge in [0.25, 0.3) is 11.8 Å². The van der Waals surface area contributed by atoms with Gasteiger partial charge in [0.05, 0.1) is 23.4 Å². The smallest absolute Gasteiger partial charge is 0.335 e. The topological polar surface area (TPSA) is 94.2 Å². The van der Waals surface area contributed by atoms with E-state index in [4.69, 9.17) is 14.2 Å². The summed E-state index contributed by atoms with van der Waals surface area (Å²) in [6.45, 7) is 7.16. The molecule has 1 saturated heterocycles. The van der Waals surface area contributed by atoms with Gasteiger partial charge >= 0.3 is 6.03 Å². The van der Waals surface area contributed by atoms with Gasteiger partial charge in [-0.05, 0) is 89.8 Å². The van der Waals surface area contributed by atoms with Crippen LogP contribution in [0.2, 0.25) is 0 Å². The van der Waals surface area contributed by atoms with Crippen molar-refractivity contribution in [2.45, 2.75) is 33.8 Å². The van der Waals surface area contributed by atoms with E-state index in [1.165, 1.54) is 11.6 Å². The highest BCUT2D eigenvalue weighted by atomic mass is 79.9. The first kappa shape index (κ1) is 27.9. The molecular formula is C30H29BrN2O6. The minimum absolute atomic E-state index is 0.189. The number of nitrogens with zero attached hydrogens (tertiary/aromatic N) is 1. The van der Waals surface area contributed by atoms with E-state index in [-0.39, 0.29) is 5.57 Å². The maximum atomic E-state index is 13.4. The van der Waals surface area contributed by atoms with Crippen molar-refractivity contribution in [1.82, 2.24) is 5.32 Å². The largest absolute Gasteiger partial charge is 0.490 e. The Morgan fingerprint density at radius 1 is 0.923 bits per heavy atom. The average Bonchev–Trinajstić information content (AvgIpc) is 2.91. The van der Waals surface area contributed by atoms with E-state index in [2.05, 4.69) is 21.2 Å². The number of urea groups is 1. The zero-order chi connectivity index (χ0) is 27.9. The molecule has 3 aromatic carbocycles. The molecule has 4 amide bonds. The van der Waals surface area contributed by atoms with Gasteiger partial charge in [-0.15, -0.1) is 0 Å². The normalized spacial score (nSPS) is 14.4. The lowest BCUT2D eigenvalue weighted by Crippen LogP contribution is -2.54. The molecule has 1 fully saturated rings. The Balaban J connectivity index is 1.56. The summed E-state index contributed by atoms with van der Waals surface area (Å²) in [5.41, 5.74) is 2.83. The zero-order valence-electron chi connectivity index (χ0n) is 22.0. The number of carbonyl (C=O) groups is 3. The SMILES string of the molecule is CCCOc1c(Br)cc(/C=C2\C(=O)NC(=O)N(c3ccc(OCc4ccc(C)cc4)cc3)C2=O)cc1OCC. The third-order valence-corrected chi connectivity index (χ3v) is 6.40. The van der Waals surface area contributed by atoms with E-state index in [0.717, 1.165) is 16.9 Å². The van der Waals surface area contributed by atoms with Crippen LogP contribution in [0.5, 0.6) is 17.2 Å². The van der Waals surface area contributed by atoms with E-state index in [0.29, 0.717) is 52.8 Å². The molecule has 0 saturated carbocycles. The molecule has 39 heavy (non-hydrogen) atoms. The molecule has 202 valence electrons. The van der Waals surface area contributed by atoms with Crippen LogP contribution in [0.4, 0.5) is 10.5 Å². The number of ether oxygens (including phenoxy) is 3. The van der Waals surface area contributed by atoms with Crippen LogP contribution in [0, 0.1) is 6.92 Å². The predicted octanol–water partition coefficient (Wildman–Crippen LogP) is 6.19. The highest BCUT2D eigenvalue weighted by Crippen LogP contribution is 2.38. The van der Waals surface area contributed by atoms with Crippen LogP contribution in [0.3, 0.4) is 0 Å². The van der Waals surface area contributed by atoms with E-state index >= 15 is 0 Å². The Morgan fingerprint density at radius 3 is 2.31 bits per heavy atom. The quantitative estimate of drug-likeness (QED) is 0.223. The van der Waals surface area contributed by atoms with Crippen LogP contribution in [-0.4, -0.2) is 31.1 Å². The Labute approximate surface area is 235 Å². The van der Waals surface area contributed by atoms with Crippen molar-refractivity contribution in [3.8, 4) is 17.2 Å². The molecule has 4 rings (SSSR count). The average molecular weight is 593 g/mol. The maximum absolute atomic E-state index is 13.4. The Hall–Kier alpha value is -4.11. The fourth-order valence-corrected chi connectivity index (χ4v) is 4.45. The van der Waals surface area contributed by atoms with Crippen LogP contribution in [0.25, 0.3) is 6.08 Å². The number of rotatable bonds is 10. The highest BCUT2D eigenvalue weighted by Gasteiger charge is 2.37. The molecule has 1 aliphatic heterocycles. The summed E-state index contributed by atoms with van der Waals surface area (Å²) in [4.78, 5) is 39.6. The number of barbiturate groups is 1. The van der Waals surface area contributed by atoms with Crippen molar-refractivity contribution in [1.29, 1.82) is 0 Å². The number of hydrogen-bond donors (Lipinski definition) is 1. The van der Waals surface area contributed by atoms with Crippen molar-refractivity contribution < 1.29 is 28.6 Å². The van der Waals surface area contributed by atoms with Crippen molar-refractivity contribution in [3.05, 3.63) is 87.4 Å². The zero-order valence-corrected chi connectivity index (χ0v) is 23.5. The van der Waals surface area contributed by atoms with Crippen LogP contribution >= 0.6 is 15.9 Å². The van der Waals surface area contributed by atoms with Crippen LogP contribution < -0.4 is 24.4 Å². The molecule has 0 radical (unpaired) electrons. The van der Waals surface area contributed by atoms with Crippen molar-refractivity contribution in [2.75, 3.05) is 18.1 Å². The fraction of sp³-hybridized carbons (Fsp3) is 0.233. The second kappa shape index (κ2) is 12.6. The summed E-state index contributed by atoms with van der Waals surface area (Å²) in [6.07, 6.45) is 2.25. The minimum atomic E-state index is -0.824. The number of nitrogens with one attached hydrogen (secondary N) is 1. The number of imide groups is 2. The molecule has 0 bridgehead atoms. The van der Waals surface area contributed by atoms with E-state index < -0.39 is 17.8 Å². The van der Waals surface area contributed by atoms with Crippen LogP contribution in [-0.2, 0) is 16.2 Å². The van der Waals surface area contributed by atoms with Crippen molar-refractivity contribution in [2.24, 2.45) is 0 Å². The second-order valence-electron chi connectivity index (χ2n) is 8.84. The summed E-state index contributed by atoms with van der Waals surface area (Å²) in [7, 11) is 0. The van der Waals surface area contributed by atoms with E-state index in [9.17, 15) is 14.4 Å². The van der Waals surface area contributed by atoms with Crippen molar-refractivity contribution >= 4 is 45.5 Å². The summed E-state index contributed by atoms with van der Waals surface area (Å²) in [5.74, 6) is 0.0821. The van der Waals surface area contributed by atoms with Gasteiger partial charge < -0.3 is 14.2 Å². The molecule has 1 aliphatic rings. The predicted molar refractivity (Wildman–Crippen MR) is 152 cm³/mol. The van der Waals surface area contributed by atoms with Gasteiger partial charge in [-0.3, -0.25) is 14.9 Å². The fourth-order valence-electron chi connectivity index (χ4n) is 3.88. The molecular weight excluding hydrogens is 564 g/mol. The minimum Gasteiger partial charge on any atom is -0.490 e. The lowest BCUT2D eigenvalue weighted by atomic mass is 10.1. The standard InChI is InChI=1S/C30H29BrN2O6/c1-4-14-38-27-25(31)16-21(17-26(27)37-5-2)15-24-28(34)32-30(36)33(29(24)35)22-10-12-23(13-11-22)39-18-20-8-6-19(3)7-9-20/h6-13,15-17H,4-5,14,18H2,1-3H3,(H,32,34,36)/b24-15+. The van der Waals surface area contributed by atoms with Gasteiger partial charge in [0, 0.05) is 0 Å². The highest BCUT2D eigenvalue weighted by molar-refractivity contribution is 9.10. The number of halogens is 1. The van der Waals surface area contributed by atoms with Gasteiger partial charge in [0.15, 0.2) is 11.5 Å². The van der Waals surface area contributed by atoms with Gasteiger partial charge in [-0.1, -0.05) is 36.8 Å². The molecule has 1 N–H and O–H groups in total. The molecule has 9 heteroatoms. The molecule has 0 spiro atoms. The molecule has 0 unspecified atom stereocenters. The summed E-state index contributed by atoms with van der Waals surface area (Å²) in [5, 5.41) is 2.25. The number of hydrogen-bond acceptors (Lipinski definition) is 6. The number of benzene rings is 3. The number of amides is 4. The summed E-state index contributed by atoms with van der Waals surface area (Å²) >= 11 is 3.49. The molecule has 3 aromatic rings.